The molecule has 1 aromatic heterocycles. The van der Waals surface area contributed by atoms with E-state index in [-0.39, 0.29) is 12.3 Å². The van der Waals surface area contributed by atoms with Crippen molar-refractivity contribution in [3.8, 4) is 22.8 Å². The van der Waals surface area contributed by atoms with Crippen molar-refractivity contribution in [1.29, 1.82) is 0 Å². The molecule has 0 bridgehead atoms. The number of piperidine rings is 1. The highest BCUT2D eigenvalue weighted by Crippen LogP contribution is 2.42. The smallest absolute Gasteiger partial charge is 0.318 e. The molecule has 1 aliphatic carbocycles. The number of likely N-dealkylation sites (tertiary alicyclic amines) is 1. The van der Waals surface area contributed by atoms with Gasteiger partial charge >= 0.3 is 5.97 Å². The minimum atomic E-state index is -0.795. The van der Waals surface area contributed by atoms with Crippen LogP contribution in [0.5, 0.6) is 0 Å². The third-order valence-electron chi connectivity index (χ3n) is 8.65. The van der Waals surface area contributed by atoms with Gasteiger partial charge in [0.15, 0.2) is 12.6 Å². The van der Waals surface area contributed by atoms with Gasteiger partial charge in [0, 0.05) is 24.2 Å². The zero-order valence-electron chi connectivity index (χ0n) is 23.5. The van der Waals surface area contributed by atoms with Crippen molar-refractivity contribution in [3.63, 3.8) is 0 Å². The lowest BCUT2D eigenvalue weighted by Crippen LogP contribution is -2.61. The van der Waals surface area contributed by atoms with Crippen molar-refractivity contribution in [1.82, 2.24) is 15.0 Å². The van der Waals surface area contributed by atoms with Crippen molar-refractivity contribution in [2.45, 2.75) is 83.8 Å². The molecule has 1 saturated carbocycles. The topological polar surface area (TPSA) is 86.9 Å². The molecule has 6 rings (SSSR count). The second kappa shape index (κ2) is 11.8. The Kier molecular flexibility index (Phi) is 8.01. The standard InChI is InChI=1S/C32H39N3O5/c1-3-37-30(36)32(31-38-22(2)39-31)18-7-19-35(21-32)20-23-10-12-26(13-11-23)28-33-29(40-34-28)27-16-14-25(15-17-27)24-8-5-4-6-9-24/h10-17,22,24,31H,3-9,18-21H2,1-2H3. The number of hydrogen-bond donors (Lipinski definition) is 0. The van der Waals surface area contributed by atoms with Crippen molar-refractivity contribution in [3.05, 3.63) is 59.7 Å². The van der Waals surface area contributed by atoms with Crippen LogP contribution in [-0.2, 0) is 25.5 Å². The molecule has 3 fully saturated rings. The number of rotatable bonds is 8. The molecule has 0 spiro atoms. The molecular weight excluding hydrogens is 506 g/mol. The first kappa shape index (κ1) is 27.1. The van der Waals surface area contributed by atoms with Gasteiger partial charge < -0.3 is 18.7 Å². The molecule has 1 unspecified atom stereocenters. The Morgan fingerprint density at radius 2 is 1.73 bits per heavy atom. The zero-order chi connectivity index (χ0) is 27.5. The largest absolute Gasteiger partial charge is 0.465 e. The molecule has 0 amide bonds. The van der Waals surface area contributed by atoms with E-state index in [1.165, 1.54) is 37.7 Å². The fourth-order valence-corrected chi connectivity index (χ4v) is 6.47. The second-order valence-electron chi connectivity index (χ2n) is 11.4. The molecule has 3 heterocycles. The van der Waals surface area contributed by atoms with Gasteiger partial charge in [-0.3, -0.25) is 9.69 Å². The normalized spacial score (nSPS) is 25.9. The van der Waals surface area contributed by atoms with E-state index in [2.05, 4.69) is 51.4 Å². The number of nitrogens with zero attached hydrogens (tertiary/aromatic N) is 3. The molecule has 1 atom stereocenters. The fraction of sp³-hybridized carbons (Fsp3) is 0.531. The number of carbonyl (C=O) groups is 1. The van der Waals surface area contributed by atoms with Gasteiger partial charge in [0.25, 0.3) is 5.89 Å². The van der Waals surface area contributed by atoms with Crippen LogP contribution in [0.1, 0.15) is 75.8 Å². The number of benzene rings is 2. The predicted molar refractivity (Wildman–Crippen MR) is 150 cm³/mol. The number of carbonyl (C=O) groups excluding carboxylic acids is 1. The van der Waals surface area contributed by atoms with Gasteiger partial charge in [-0.15, -0.1) is 0 Å². The van der Waals surface area contributed by atoms with Gasteiger partial charge in [-0.2, -0.15) is 4.98 Å². The Balaban J connectivity index is 1.10. The van der Waals surface area contributed by atoms with Gasteiger partial charge in [-0.05, 0) is 75.3 Å². The van der Waals surface area contributed by atoms with Gasteiger partial charge in [0.2, 0.25) is 5.82 Å². The number of esters is 1. The maximum absolute atomic E-state index is 13.0. The minimum absolute atomic E-state index is 0.233. The zero-order valence-corrected chi connectivity index (χ0v) is 23.5. The SMILES string of the molecule is CCOC(=O)C1(C2OC(C)O2)CCCN(Cc2ccc(-c3noc(-c4ccc(C5CCCCC5)cc4)n3)cc2)C1. The highest BCUT2D eigenvalue weighted by Gasteiger charge is 2.55. The van der Waals surface area contributed by atoms with Gasteiger partial charge in [0.1, 0.15) is 5.41 Å². The summed E-state index contributed by atoms with van der Waals surface area (Å²) >= 11 is 0. The summed E-state index contributed by atoms with van der Waals surface area (Å²) in [5.74, 6) is 1.55. The van der Waals surface area contributed by atoms with Crippen molar-refractivity contribution in [2.24, 2.45) is 5.41 Å². The van der Waals surface area contributed by atoms with Crippen LogP contribution in [0.15, 0.2) is 53.1 Å². The summed E-state index contributed by atoms with van der Waals surface area (Å²) in [4.78, 5) is 20.0. The van der Waals surface area contributed by atoms with Crippen molar-refractivity contribution >= 4 is 5.97 Å². The molecule has 2 aliphatic heterocycles. The van der Waals surface area contributed by atoms with Gasteiger partial charge in [-0.25, -0.2) is 0 Å². The summed E-state index contributed by atoms with van der Waals surface area (Å²) in [6.45, 7) is 6.18. The Labute approximate surface area is 236 Å². The van der Waals surface area contributed by atoms with Crippen LogP contribution in [0.3, 0.4) is 0 Å². The third-order valence-corrected chi connectivity index (χ3v) is 8.65. The van der Waals surface area contributed by atoms with Gasteiger partial charge in [-0.1, -0.05) is 60.8 Å². The van der Waals surface area contributed by atoms with Crippen LogP contribution in [0.25, 0.3) is 22.8 Å². The summed E-state index contributed by atoms with van der Waals surface area (Å²) in [5, 5.41) is 4.24. The van der Waals surface area contributed by atoms with Crippen LogP contribution >= 0.6 is 0 Å². The molecule has 8 heteroatoms. The highest BCUT2D eigenvalue weighted by atomic mass is 16.9. The number of aromatic nitrogens is 2. The van der Waals surface area contributed by atoms with E-state index < -0.39 is 11.7 Å². The van der Waals surface area contributed by atoms with E-state index in [0.717, 1.165) is 29.7 Å². The number of hydrogen-bond acceptors (Lipinski definition) is 8. The monoisotopic (exact) mass is 545 g/mol. The summed E-state index contributed by atoms with van der Waals surface area (Å²) in [5.41, 5.74) is 3.61. The summed E-state index contributed by atoms with van der Waals surface area (Å²) in [6.07, 6.45) is 7.32. The van der Waals surface area contributed by atoms with Crippen LogP contribution in [0, 0.1) is 5.41 Å². The van der Waals surface area contributed by atoms with Crippen LogP contribution in [-0.4, -0.2) is 53.3 Å². The molecular formula is C32H39N3O5. The molecule has 0 radical (unpaired) electrons. The molecule has 2 aromatic carbocycles. The maximum Gasteiger partial charge on any atom is 0.318 e. The quantitative estimate of drug-likeness (QED) is 0.304. The van der Waals surface area contributed by atoms with Gasteiger partial charge in [0.05, 0.1) is 6.61 Å². The fourth-order valence-electron chi connectivity index (χ4n) is 6.47. The Hall–Kier alpha value is -3.07. The van der Waals surface area contributed by atoms with Crippen molar-refractivity contribution < 1.29 is 23.5 Å². The average molecular weight is 546 g/mol. The van der Waals surface area contributed by atoms with E-state index >= 15 is 0 Å². The average Bonchev–Trinajstić information content (AvgIpc) is 3.47. The first-order chi connectivity index (χ1) is 19.5. The molecule has 3 aliphatic rings. The minimum Gasteiger partial charge on any atom is -0.465 e. The Bertz CT molecular complexity index is 1280. The Morgan fingerprint density at radius 3 is 2.42 bits per heavy atom. The predicted octanol–water partition coefficient (Wildman–Crippen LogP) is 6.32. The summed E-state index contributed by atoms with van der Waals surface area (Å²) in [6, 6.07) is 16.8. The van der Waals surface area contributed by atoms with E-state index in [1.807, 2.05) is 26.0 Å². The van der Waals surface area contributed by atoms with Crippen molar-refractivity contribution in [2.75, 3.05) is 19.7 Å². The molecule has 212 valence electrons. The first-order valence-corrected chi connectivity index (χ1v) is 14.8. The molecule has 8 nitrogen and oxygen atoms in total. The molecule has 3 aromatic rings. The van der Waals surface area contributed by atoms with E-state index in [9.17, 15) is 4.79 Å². The molecule has 2 saturated heterocycles. The third kappa shape index (κ3) is 5.57. The highest BCUT2D eigenvalue weighted by molar-refractivity contribution is 5.78. The Morgan fingerprint density at radius 1 is 1.00 bits per heavy atom. The lowest BCUT2D eigenvalue weighted by atomic mass is 9.78. The van der Waals surface area contributed by atoms with E-state index in [0.29, 0.717) is 43.8 Å². The summed E-state index contributed by atoms with van der Waals surface area (Å²) in [7, 11) is 0. The molecule has 40 heavy (non-hydrogen) atoms. The van der Waals surface area contributed by atoms with Crippen LogP contribution < -0.4 is 0 Å². The van der Waals surface area contributed by atoms with Crippen LogP contribution in [0.2, 0.25) is 0 Å². The lowest BCUT2D eigenvalue weighted by molar-refractivity contribution is -0.409. The second-order valence-corrected chi connectivity index (χ2v) is 11.4. The summed E-state index contributed by atoms with van der Waals surface area (Å²) < 4.78 is 22.7. The first-order valence-electron chi connectivity index (χ1n) is 14.8. The lowest BCUT2D eigenvalue weighted by Gasteiger charge is -2.49. The molecule has 0 N–H and O–H groups in total. The van der Waals surface area contributed by atoms with Crippen LogP contribution in [0.4, 0.5) is 0 Å². The van der Waals surface area contributed by atoms with E-state index in [4.69, 9.17) is 18.7 Å². The maximum atomic E-state index is 13.0. The van der Waals surface area contributed by atoms with E-state index in [1.54, 1.807) is 0 Å². The number of ether oxygens (including phenoxy) is 3.